The molecule has 1 amide bonds. The zero-order valence-electron chi connectivity index (χ0n) is 14.0. The molecule has 2 fully saturated rings. The number of methoxy groups -OCH3 is 2. The Hall–Kier alpha value is -1.39. The number of ether oxygens (including phenoxy) is 2. The normalized spacial score (nSPS) is 33.0. The maximum Gasteiger partial charge on any atom is 0.509 e. The molecule has 0 heterocycles. The van der Waals surface area contributed by atoms with E-state index >= 15 is 0 Å². The molecule has 0 aromatic carbocycles. The van der Waals surface area contributed by atoms with Crippen LogP contribution in [0.1, 0.15) is 47.0 Å². The van der Waals surface area contributed by atoms with E-state index in [1.807, 2.05) is 6.92 Å². The van der Waals surface area contributed by atoms with Crippen LogP contribution in [0.25, 0.3) is 0 Å². The number of rotatable bonds is 1. The van der Waals surface area contributed by atoms with Crippen molar-refractivity contribution in [1.29, 1.82) is 0 Å². The summed E-state index contributed by atoms with van der Waals surface area (Å²) >= 11 is 0. The lowest BCUT2D eigenvalue weighted by Crippen LogP contribution is -2.38. The number of carbonyl (C=O) groups is 1. The molecule has 0 aliphatic heterocycles. The van der Waals surface area contributed by atoms with Gasteiger partial charge in [0.1, 0.15) is 5.71 Å². The van der Waals surface area contributed by atoms with Crippen LogP contribution in [0, 0.1) is 16.7 Å². The fourth-order valence-electron chi connectivity index (χ4n) is 4.09. The highest BCUT2D eigenvalue weighted by Crippen LogP contribution is 2.60. The van der Waals surface area contributed by atoms with E-state index in [9.17, 15) is 4.79 Å². The Morgan fingerprint density at radius 3 is 2.43 bits per heavy atom. The number of fused-ring (bicyclic) bond motifs is 2. The molecule has 2 rings (SSSR count). The van der Waals surface area contributed by atoms with Crippen molar-refractivity contribution in [2.75, 3.05) is 20.8 Å². The maximum absolute atomic E-state index is 11.9. The van der Waals surface area contributed by atoms with Gasteiger partial charge in [-0.3, -0.25) is 0 Å². The number of amides is 1. The predicted octanol–water partition coefficient (Wildman–Crippen LogP) is 3.07. The van der Waals surface area contributed by atoms with Crippen LogP contribution in [0.5, 0.6) is 0 Å². The largest absolute Gasteiger partial charge is 0.509 e. The van der Waals surface area contributed by atoms with Gasteiger partial charge >= 0.3 is 12.1 Å². The van der Waals surface area contributed by atoms with Gasteiger partial charge in [-0.15, -0.1) is 4.58 Å². The van der Waals surface area contributed by atoms with E-state index in [2.05, 4.69) is 20.8 Å². The highest BCUT2D eigenvalue weighted by molar-refractivity contribution is 6.03. The van der Waals surface area contributed by atoms with Crippen molar-refractivity contribution in [3.63, 3.8) is 0 Å². The lowest BCUT2D eigenvalue weighted by molar-refractivity contribution is -0.451. The Balaban J connectivity index is 2.49. The average Bonchev–Trinajstić information content (AvgIpc) is 2.92. The molecule has 0 radical (unpaired) electrons. The Labute approximate surface area is 127 Å². The number of carbonyl (C=O) groups excluding carboxylic acids is 1. The summed E-state index contributed by atoms with van der Waals surface area (Å²) < 4.78 is 11.6. The van der Waals surface area contributed by atoms with Crippen LogP contribution in [-0.4, -0.2) is 43.2 Å². The first kappa shape index (κ1) is 16.0. The van der Waals surface area contributed by atoms with Crippen LogP contribution < -0.4 is 0 Å². The van der Waals surface area contributed by atoms with E-state index in [0.717, 1.165) is 5.71 Å². The monoisotopic (exact) mass is 295 g/mol. The Bertz CT molecular complexity index is 501. The van der Waals surface area contributed by atoms with Crippen LogP contribution >= 0.6 is 0 Å². The van der Waals surface area contributed by atoms with Crippen molar-refractivity contribution in [3.8, 4) is 0 Å². The molecule has 2 saturated carbocycles. The molecule has 2 aliphatic rings. The summed E-state index contributed by atoms with van der Waals surface area (Å²) in [4.78, 5) is 16.6. The van der Waals surface area contributed by atoms with Crippen LogP contribution in [0.15, 0.2) is 4.99 Å². The number of amidine groups is 1. The predicted molar refractivity (Wildman–Crippen MR) is 81.9 cm³/mol. The summed E-state index contributed by atoms with van der Waals surface area (Å²) in [6.07, 6.45) is 3.17. The van der Waals surface area contributed by atoms with Gasteiger partial charge in [-0.1, -0.05) is 20.8 Å². The van der Waals surface area contributed by atoms with Gasteiger partial charge in [0, 0.05) is 10.8 Å². The number of hydrogen-bond acceptors (Lipinski definition) is 3. The highest BCUT2D eigenvalue weighted by Gasteiger charge is 2.60. The molecule has 0 aromatic heterocycles. The number of hydrogen-bond donors (Lipinski definition) is 0. The molecule has 0 unspecified atom stereocenters. The zero-order valence-corrected chi connectivity index (χ0v) is 14.0. The van der Waals surface area contributed by atoms with E-state index in [1.54, 1.807) is 7.11 Å². The minimum atomic E-state index is -0.440. The van der Waals surface area contributed by atoms with Crippen molar-refractivity contribution in [2.45, 2.75) is 47.0 Å². The summed E-state index contributed by atoms with van der Waals surface area (Å²) in [7, 11) is 2.92. The average molecular weight is 295 g/mol. The fraction of sp³-hybridized carbons (Fsp3) is 0.812. The highest BCUT2D eigenvalue weighted by atomic mass is 16.5. The van der Waals surface area contributed by atoms with E-state index in [0.29, 0.717) is 18.5 Å². The van der Waals surface area contributed by atoms with Crippen LogP contribution in [0.3, 0.4) is 0 Å². The standard InChI is InChI=1S/C16H27N2O3/c1-7-18(14(19)21-6)13(20-5)17-12-15(2,3)11-8-9-16(12,4)10-11/h11H,7-10H2,1-6H3/q+1/t11-,16+/m0/s1. The Kier molecular flexibility index (Phi) is 4.13. The van der Waals surface area contributed by atoms with Crippen molar-refractivity contribution in [2.24, 2.45) is 21.7 Å². The van der Waals surface area contributed by atoms with Gasteiger partial charge in [0.2, 0.25) is 0 Å². The molecule has 118 valence electrons. The van der Waals surface area contributed by atoms with Crippen LogP contribution in [0.2, 0.25) is 0 Å². The lowest BCUT2D eigenvalue weighted by atomic mass is 9.71. The summed E-state index contributed by atoms with van der Waals surface area (Å²) in [6, 6.07) is 0.334. The SMILES string of the molecule is CC/[N+](C(=O)OC)=C(\N=C1\C(C)(C)[C@H]2CC[C@]1(C)C2)OC. The minimum Gasteiger partial charge on any atom is -0.434 e. The molecule has 2 atom stereocenters. The summed E-state index contributed by atoms with van der Waals surface area (Å²) in [6.45, 7) is 9.13. The van der Waals surface area contributed by atoms with Gasteiger partial charge in [0.05, 0.1) is 20.8 Å². The third-order valence-electron chi connectivity index (χ3n) is 5.28. The van der Waals surface area contributed by atoms with E-state index < -0.39 is 6.09 Å². The fourth-order valence-corrected chi connectivity index (χ4v) is 4.09. The summed E-state index contributed by atoms with van der Waals surface area (Å²) in [5.41, 5.74) is 1.35. The lowest BCUT2D eigenvalue weighted by Gasteiger charge is -2.31. The Morgan fingerprint density at radius 1 is 1.33 bits per heavy atom. The van der Waals surface area contributed by atoms with Crippen molar-refractivity contribution >= 4 is 17.8 Å². The van der Waals surface area contributed by atoms with Gasteiger partial charge in [-0.25, -0.2) is 0 Å². The van der Waals surface area contributed by atoms with Crippen LogP contribution in [-0.2, 0) is 9.47 Å². The van der Waals surface area contributed by atoms with Gasteiger partial charge in [-0.2, -0.15) is 4.79 Å². The van der Waals surface area contributed by atoms with Gasteiger partial charge in [0.15, 0.2) is 0 Å². The van der Waals surface area contributed by atoms with Gasteiger partial charge < -0.3 is 9.47 Å². The third-order valence-corrected chi connectivity index (χ3v) is 5.28. The molecule has 5 heteroatoms. The maximum atomic E-state index is 11.9. The first-order valence-corrected chi connectivity index (χ1v) is 7.66. The van der Waals surface area contributed by atoms with Gasteiger partial charge in [-0.05, 0) is 37.1 Å². The molecular weight excluding hydrogens is 268 g/mol. The van der Waals surface area contributed by atoms with Crippen LogP contribution in [0.4, 0.5) is 4.79 Å². The molecular formula is C16H27N2O3+. The van der Waals surface area contributed by atoms with Crippen molar-refractivity contribution < 1.29 is 18.8 Å². The number of nitrogens with zero attached hydrogens (tertiary/aromatic N) is 2. The number of aliphatic imine (C=N–C) groups is 1. The second kappa shape index (κ2) is 5.43. The molecule has 0 N–H and O–H groups in total. The Morgan fingerprint density at radius 2 is 2.00 bits per heavy atom. The third kappa shape index (κ3) is 2.47. The second-order valence-corrected chi connectivity index (χ2v) is 6.88. The van der Waals surface area contributed by atoms with Crippen molar-refractivity contribution in [1.82, 2.24) is 0 Å². The molecule has 0 spiro atoms. The summed E-state index contributed by atoms with van der Waals surface area (Å²) in [5.74, 6) is 0.674. The quantitative estimate of drug-likeness (QED) is 0.424. The molecule has 21 heavy (non-hydrogen) atoms. The molecule has 2 aliphatic carbocycles. The topological polar surface area (TPSA) is 50.9 Å². The second-order valence-electron chi connectivity index (χ2n) is 6.88. The van der Waals surface area contributed by atoms with E-state index in [-0.39, 0.29) is 10.8 Å². The first-order chi connectivity index (χ1) is 9.80. The molecule has 5 nitrogen and oxygen atoms in total. The first-order valence-electron chi connectivity index (χ1n) is 7.66. The zero-order chi connectivity index (χ0) is 15.8. The molecule has 0 aromatic rings. The minimum absolute atomic E-state index is 0.0618. The smallest absolute Gasteiger partial charge is 0.434 e. The van der Waals surface area contributed by atoms with E-state index in [4.69, 9.17) is 14.5 Å². The van der Waals surface area contributed by atoms with Crippen molar-refractivity contribution in [3.05, 3.63) is 0 Å². The molecule has 0 saturated heterocycles. The summed E-state index contributed by atoms with van der Waals surface area (Å²) in [5, 5.41) is 0. The van der Waals surface area contributed by atoms with E-state index in [1.165, 1.54) is 30.9 Å². The molecule has 2 bridgehead atoms. The van der Waals surface area contributed by atoms with Gasteiger partial charge in [0.25, 0.3) is 0 Å².